The van der Waals surface area contributed by atoms with Gasteiger partial charge in [-0.25, -0.2) is 0 Å². The molecular weight excluding hydrogens is 334 g/mol. The van der Waals surface area contributed by atoms with Crippen molar-refractivity contribution in [3.05, 3.63) is 51.3 Å². The number of piperazine rings is 1. The normalized spacial score (nSPS) is 14.6. The third-order valence-corrected chi connectivity index (χ3v) is 4.90. The molecule has 0 spiro atoms. The molecule has 2 heterocycles. The summed E-state index contributed by atoms with van der Waals surface area (Å²) in [6.07, 6.45) is 0. The van der Waals surface area contributed by atoms with Crippen LogP contribution in [-0.4, -0.2) is 51.7 Å². The number of para-hydroxylation sites is 1. The highest BCUT2D eigenvalue weighted by atomic mass is 16.6. The first-order chi connectivity index (χ1) is 12.4. The van der Waals surface area contributed by atoms with Gasteiger partial charge < -0.3 is 9.80 Å². The molecule has 0 saturated carbocycles. The first-order valence-corrected chi connectivity index (χ1v) is 8.65. The van der Waals surface area contributed by atoms with Crippen molar-refractivity contribution in [3.8, 4) is 0 Å². The van der Waals surface area contributed by atoms with Gasteiger partial charge in [-0.05, 0) is 32.4 Å². The average Bonchev–Trinajstić information content (AvgIpc) is 2.89. The van der Waals surface area contributed by atoms with E-state index in [4.69, 9.17) is 0 Å². The molecule has 8 heteroatoms. The molecule has 26 heavy (non-hydrogen) atoms. The van der Waals surface area contributed by atoms with Crippen LogP contribution in [0.3, 0.4) is 0 Å². The van der Waals surface area contributed by atoms with Gasteiger partial charge in [-0.2, -0.15) is 5.10 Å². The molecule has 138 valence electrons. The molecule has 0 bridgehead atoms. The molecule has 1 aliphatic rings. The quantitative estimate of drug-likeness (QED) is 0.618. The van der Waals surface area contributed by atoms with Gasteiger partial charge in [0.25, 0.3) is 0 Å². The highest BCUT2D eigenvalue weighted by Crippen LogP contribution is 2.23. The maximum Gasteiger partial charge on any atom is 0.312 e. The maximum absolute atomic E-state index is 12.6. The van der Waals surface area contributed by atoms with Crippen LogP contribution < -0.4 is 4.90 Å². The minimum atomic E-state index is -0.445. The van der Waals surface area contributed by atoms with Crippen LogP contribution in [0, 0.1) is 30.9 Å². The lowest BCUT2D eigenvalue weighted by Gasteiger charge is -2.36. The number of nitrogens with zero attached hydrogens (tertiary/aromatic N) is 5. The van der Waals surface area contributed by atoms with Crippen molar-refractivity contribution >= 4 is 17.3 Å². The van der Waals surface area contributed by atoms with Crippen LogP contribution in [0.15, 0.2) is 24.3 Å². The van der Waals surface area contributed by atoms with E-state index in [1.165, 1.54) is 15.9 Å². The Morgan fingerprint density at radius 3 is 2.38 bits per heavy atom. The molecule has 8 nitrogen and oxygen atoms in total. The standard InChI is InChI=1S/C18H23N5O3/c1-13-6-4-5-7-16(13)20-8-10-21(11-9-20)17(24)12-22-15(3)18(23(25)26)14(2)19-22/h4-7H,8-12H2,1-3H3. The van der Waals surface area contributed by atoms with E-state index in [-0.39, 0.29) is 18.1 Å². The van der Waals surface area contributed by atoms with Gasteiger partial charge in [0.1, 0.15) is 17.9 Å². The molecule has 0 radical (unpaired) electrons. The van der Waals surface area contributed by atoms with Crippen LogP contribution in [0.1, 0.15) is 17.0 Å². The molecule has 1 fully saturated rings. The van der Waals surface area contributed by atoms with E-state index in [9.17, 15) is 14.9 Å². The minimum Gasteiger partial charge on any atom is -0.368 e. The number of amides is 1. The third-order valence-electron chi connectivity index (χ3n) is 4.90. The summed E-state index contributed by atoms with van der Waals surface area (Å²) in [6, 6.07) is 8.23. The number of aromatic nitrogens is 2. The van der Waals surface area contributed by atoms with Crippen molar-refractivity contribution in [2.24, 2.45) is 0 Å². The Bertz CT molecular complexity index is 837. The van der Waals surface area contributed by atoms with E-state index < -0.39 is 4.92 Å². The second kappa shape index (κ2) is 7.15. The Hall–Kier alpha value is -2.90. The number of carbonyl (C=O) groups excluding carboxylic acids is 1. The summed E-state index contributed by atoms with van der Waals surface area (Å²) >= 11 is 0. The molecule has 2 aromatic rings. The molecule has 3 rings (SSSR count). The lowest BCUT2D eigenvalue weighted by molar-refractivity contribution is -0.386. The largest absolute Gasteiger partial charge is 0.368 e. The molecule has 1 amide bonds. The second-order valence-corrected chi connectivity index (χ2v) is 6.59. The van der Waals surface area contributed by atoms with Crippen molar-refractivity contribution in [2.45, 2.75) is 27.3 Å². The summed E-state index contributed by atoms with van der Waals surface area (Å²) < 4.78 is 1.43. The van der Waals surface area contributed by atoms with E-state index in [1.54, 1.807) is 18.7 Å². The molecule has 1 aromatic carbocycles. The first-order valence-electron chi connectivity index (χ1n) is 8.65. The van der Waals surface area contributed by atoms with Crippen molar-refractivity contribution < 1.29 is 9.72 Å². The van der Waals surface area contributed by atoms with Crippen LogP contribution in [0.5, 0.6) is 0 Å². The van der Waals surface area contributed by atoms with E-state index in [1.807, 2.05) is 12.1 Å². The number of benzene rings is 1. The number of rotatable bonds is 4. The smallest absolute Gasteiger partial charge is 0.312 e. The Morgan fingerprint density at radius 1 is 1.15 bits per heavy atom. The van der Waals surface area contributed by atoms with E-state index in [0.717, 1.165) is 13.1 Å². The molecule has 0 atom stereocenters. The van der Waals surface area contributed by atoms with Crippen LogP contribution in [0.2, 0.25) is 0 Å². The summed E-state index contributed by atoms with van der Waals surface area (Å²) in [5.41, 5.74) is 3.17. The van der Waals surface area contributed by atoms with Crippen molar-refractivity contribution in [2.75, 3.05) is 31.1 Å². The molecule has 0 unspecified atom stereocenters. The van der Waals surface area contributed by atoms with E-state index in [0.29, 0.717) is 24.5 Å². The lowest BCUT2D eigenvalue weighted by atomic mass is 10.1. The highest BCUT2D eigenvalue weighted by molar-refractivity contribution is 5.76. The fourth-order valence-corrected chi connectivity index (χ4v) is 3.45. The summed E-state index contributed by atoms with van der Waals surface area (Å²) in [5, 5.41) is 15.3. The summed E-state index contributed by atoms with van der Waals surface area (Å²) in [6.45, 7) is 8.15. The number of carbonyl (C=O) groups is 1. The van der Waals surface area contributed by atoms with Gasteiger partial charge in [-0.15, -0.1) is 0 Å². The number of hydrogen-bond acceptors (Lipinski definition) is 5. The van der Waals surface area contributed by atoms with E-state index in [2.05, 4.69) is 29.1 Å². The maximum atomic E-state index is 12.6. The van der Waals surface area contributed by atoms with Crippen LogP contribution >= 0.6 is 0 Å². The van der Waals surface area contributed by atoms with Gasteiger partial charge in [0.15, 0.2) is 0 Å². The Labute approximate surface area is 152 Å². The third kappa shape index (κ3) is 3.40. The zero-order valence-corrected chi connectivity index (χ0v) is 15.3. The SMILES string of the molecule is Cc1ccccc1N1CCN(C(=O)Cn2nc(C)c([N+](=O)[O-])c2C)CC1. The van der Waals surface area contributed by atoms with Crippen molar-refractivity contribution in [1.82, 2.24) is 14.7 Å². The van der Waals surface area contributed by atoms with Crippen LogP contribution in [0.25, 0.3) is 0 Å². The topological polar surface area (TPSA) is 84.5 Å². The van der Waals surface area contributed by atoms with Crippen LogP contribution in [-0.2, 0) is 11.3 Å². The second-order valence-electron chi connectivity index (χ2n) is 6.59. The monoisotopic (exact) mass is 357 g/mol. The van der Waals surface area contributed by atoms with Gasteiger partial charge in [0, 0.05) is 31.9 Å². The molecular formula is C18H23N5O3. The predicted molar refractivity (Wildman–Crippen MR) is 98.3 cm³/mol. The number of aryl methyl sites for hydroxylation is 2. The Balaban J connectivity index is 1.64. The van der Waals surface area contributed by atoms with Gasteiger partial charge in [0.05, 0.1) is 4.92 Å². The molecule has 1 aliphatic heterocycles. The summed E-state index contributed by atoms with van der Waals surface area (Å²) in [4.78, 5) is 27.3. The van der Waals surface area contributed by atoms with Gasteiger partial charge in [-0.3, -0.25) is 19.6 Å². The highest BCUT2D eigenvalue weighted by Gasteiger charge is 2.26. The fraction of sp³-hybridized carbons (Fsp3) is 0.444. The number of hydrogen-bond donors (Lipinski definition) is 0. The molecule has 1 saturated heterocycles. The summed E-state index contributed by atoms with van der Waals surface area (Å²) in [5.74, 6) is -0.0602. The summed E-state index contributed by atoms with van der Waals surface area (Å²) in [7, 11) is 0. The van der Waals surface area contributed by atoms with Gasteiger partial charge >= 0.3 is 5.69 Å². The molecule has 1 aromatic heterocycles. The zero-order chi connectivity index (χ0) is 18.8. The first kappa shape index (κ1) is 17.9. The van der Waals surface area contributed by atoms with Crippen molar-refractivity contribution in [3.63, 3.8) is 0 Å². The fourth-order valence-electron chi connectivity index (χ4n) is 3.45. The predicted octanol–water partition coefficient (Wildman–Crippen LogP) is 2.07. The lowest BCUT2D eigenvalue weighted by Crippen LogP contribution is -2.49. The number of nitro groups is 1. The average molecular weight is 357 g/mol. The minimum absolute atomic E-state index is 0.0119. The van der Waals surface area contributed by atoms with Crippen molar-refractivity contribution in [1.29, 1.82) is 0 Å². The Morgan fingerprint density at radius 2 is 1.81 bits per heavy atom. The molecule has 0 N–H and O–H groups in total. The Kier molecular flexibility index (Phi) is 4.92. The van der Waals surface area contributed by atoms with Gasteiger partial charge in [-0.1, -0.05) is 18.2 Å². The van der Waals surface area contributed by atoms with Crippen LogP contribution in [0.4, 0.5) is 11.4 Å². The number of anilines is 1. The van der Waals surface area contributed by atoms with Gasteiger partial charge in [0.2, 0.25) is 5.91 Å². The zero-order valence-electron chi connectivity index (χ0n) is 15.3. The molecule has 0 aliphatic carbocycles. The van der Waals surface area contributed by atoms with E-state index >= 15 is 0 Å².